The van der Waals surface area contributed by atoms with Crippen LogP contribution in [-0.2, 0) is 11.3 Å². The van der Waals surface area contributed by atoms with Crippen molar-refractivity contribution in [2.45, 2.75) is 25.4 Å². The van der Waals surface area contributed by atoms with Crippen LogP contribution in [0.15, 0.2) is 30.3 Å². The predicted octanol–water partition coefficient (Wildman–Crippen LogP) is 2.35. The lowest BCUT2D eigenvalue weighted by atomic mass is 9.94. The Morgan fingerprint density at radius 3 is 2.75 bits per heavy atom. The molecule has 0 radical (unpaired) electrons. The summed E-state index contributed by atoms with van der Waals surface area (Å²) in [7, 11) is 1.47. The molecule has 0 aromatic heterocycles. The molecule has 2 bridgehead atoms. The normalized spacial score (nSPS) is 26.4. The fourth-order valence-corrected chi connectivity index (χ4v) is 3.47. The van der Waals surface area contributed by atoms with Gasteiger partial charge >= 0.3 is 6.09 Å². The molecule has 3 aliphatic rings. The number of nitrogens with zero attached hydrogens (tertiary/aromatic N) is 2. The number of amides is 1. The highest BCUT2D eigenvalue weighted by atomic mass is 16.5. The number of carbonyl (C=O) groups is 1. The molecule has 3 saturated heterocycles. The molecule has 0 saturated carbocycles. The zero-order chi connectivity index (χ0) is 13.9. The van der Waals surface area contributed by atoms with Crippen molar-refractivity contribution in [2.24, 2.45) is 5.92 Å². The first-order chi connectivity index (χ1) is 9.76. The van der Waals surface area contributed by atoms with Crippen LogP contribution in [0.3, 0.4) is 0 Å². The molecular weight excluding hydrogens is 252 g/mol. The van der Waals surface area contributed by atoms with E-state index in [9.17, 15) is 4.79 Å². The molecule has 0 N–H and O–H groups in total. The highest BCUT2D eigenvalue weighted by Gasteiger charge is 2.36. The predicted molar refractivity (Wildman–Crippen MR) is 77.3 cm³/mol. The molecule has 1 aromatic carbocycles. The number of benzene rings is 1. The van der Waals surface area contributed by atoms with Gasteiger partial charge in [-0.1, -0.05) is 30.3 Å². The molecule has 1 amide bonds. The molecule has 3 aliphatic heterocycles. The molecule has 4 nitrogen and oxygen atoms in total. The number of ether oxygens (including phenoxy) is 1. The van der Waals surface area contributed by atoms with Crippen molar-refractivity contribution >= 4 is 6.09 Å². The maximum Gasteiger partial charge on any atom is 0.409 e. The molecule has 3 heterocycles. The standard InChI is InChI=1S/C16H22N2O2/c1-20-16(19)18-11-14-7-8-15(12-18)17(10-14)9-13-5-3-2-4-6-13/h2-6,14-15H,7-12H2,1H3/t14-,15-/m0/s1. The molecule has 108 valence electrons. The number of hydrogen-bond donors (Lipinski definition) is 0. The Balaban J connectivity index is 1.71. The minimum Gasteiger partial charge on any atom is -0.453 e. The Labute approximate surface area is 120 Å². The average Bonchev–Trinajstić information content (AvgIpc) is 2.79. The first-order valence-corrected chi connectivity index (χ1v) is 7.37. The van der Waals surface area contributed by atoms with Crippen molar-refractivity contribution in [2.75, 3.05) is 26.7 Å². The summed E-state index contributed by atoms with van der Waals surface area (Å²) in [5.74, 6) is 0.580. The highest BCUT2D eigenvalue weighted by Crippen LogP contribution is 2.29. The largest absolute Gasteiger partial charge is 0.453 e. The highest BCUT2D eigenvalue weighted by molar-refractivity contribution is 5.67. The quantitative estimate of drug-likeness (QED) is 0.830. The number of methoxy groups -OCH3 is 1. The lowest BCUT2D eigenvalue weighted by molar-refractivity contribution is 0.112. The average molecular weight is 274 g/mol. The van der Waals surface area contributed by atoms with Crippen LogP contribution in [0.4, 0.5) is 4.79 Å². The van der Waals surface area contributed by atoms with E-state index in [1.807, 2.05) is 4.90 Å². The van der Waals surface area contributed by atoms with Gasteiger partial charge in [-0.15, -0.1) is 0 Å². The molecule has 3 fully saturated rings. The van der Waals surface area contributed by atoms with Crippen molar-refractivity contribution < 1.29 is 9.53 Å². The Morgan fingerprint density at radius 1 is 1.20 bits per heavy atom. The fraction of sp³-hybridized carbons (Fsp3) is 0.562. The van der Waals surface area contributed by atoms with Crippen molar-refractivity contribution in [3.8, 4) is 0 Å². The number of rotatable bonds is 2. The maximum atomic E-state index is 11.8. The van der Waals surface area contributed by atoms with Gasteiger partial charge in [-0.2, -0.15) is 0 Å². The van der Waals surface area contributed by atoms with Gasteiger partial charge in [-0.3, -0.25) is 4.90 Å². The van der Waals surface area contributed by atoms with Crippen LogP contribution >= 0.6 is 0 Å². The molecule has 20 heavy (non-hydrogen) atoms. The Hall–Kier alpha value is -1.55. The van der Waals surface area contributed by atoms with E-state index in [0.29, 0.717) is 12.0 Å². The van der Waals surface area contributed by atoms with Gasteiger partial charge in [0, 0.05) is 32.2 Å². The van der Waals surface area contributed by atoms with E-state index in [1.54, 1.807) is 0 Å². The lowest BCUT2D eigenvalue weighted by Crippen LogP contribution is -2.43. The molecule has 4 rings (SSSR count). The minimum atomic E-state index is -0.177. The Morgan fingerprint density at radius 2 is 2.00 bits per heavy atom. The first kappa shape index (κ1) is 13.4. The van der Waals surface area contributed by atoms with Crippen molar-refractivity contribution in [3.05, 3.63) is 35.9 Å². The van der Waals surface area contributed by atoms with E-state index in [2.05, 4.69) is 35.2 Å². The summed E-state index contributed by atoms with van der Waals surface area (Å²) in [4.78, 5) is 16.2. The number of carbonyl (C=O) groups excluding carboxylic acids is 1. The van der Waals surface area contributed by atoms with E-state index < -0.39 is 0 Å². The molecule has 1 aromatic rings. The van der Waals surface area contributed by atoms with Gasteiger partial charge in [-0.05, 0) is 24.3 Å². The van der Waals surface area contributed by atoms with Crippen LogP contribution in [0.25, 0.3) is 0 Å². The third-order valence-electron chi connectivity index (χ3n) is 4.49. The van der Waals surface area contributed by atoms with Crippen LogP contribution in [0.2, 0.25) is 0 Å². The summed E-state index contributed by atoms with van der Waals surface area (Å²) in [5.41, 5.74) is 1.35. The van der Waals surface area contributed by atoms with E-state index in [0.717, 1.165) is 26.2 Å². The van der Waals surface area contributed by atoms with Gasteiger partial charge in [0.15, 0.2) is 0 Å². The Kier molecular flexibility index (Phi) is 3.92. The smallest absolute Gasteiger partial charge is 0.409 e. The van der Waals surface area contributed by atoms with Crippen LogP contribution in [-0.4, -0.2) is 48.7 Å². The van der Waals surface area contributed by atoms with Crippen molar-refractivity contribution in [3.63, 3.8) is 0 Å². The zero-order valence-corrected chi connectivity index (χ0v) is 12.0. The van der Waals surface area contributed by atoms with E-state index >= 15 is 0 Å². The molecular formula is C16H22N2O2. The second-order valence-corrected chi connectivity index (χ2v) is 5.89. The van der Waals surface area contributed by atoms with Crippen LogP contribution in [0.5, 0.6) is 0 Å². The molecule has 4 heteroatoms. The number of piperidine rings is 1. The third kappa shape index (κ3) is 2.80. The van der Waals surface area contributed by atoms with Crippen molar-refractivity contribution in [1.29, 1.82) is 0 Å². The number of fused-ring (bicyclic) bond motifs is 4. The van der Waals surface area contributed by atoms with Gasteiger partial charge in [0.05, 0.1) is 7.11 Å². The molecule has 0 spiro atoms. The van der Waals surface area contributed by atoms with Gasteiger partial charge in [-0.25, -0.2) is 4.79 Å². The Bertz CT molecular complexity index is 463. The second kappa shape index (κ2) is 5.83. The molecule has 2 atom stereocenters. The SMILES string of the molecule is COC(=O)N1C[C@H]2CC[C@@H](C1)N(Cc1ccccc1)C2. The third-order valence-corrected chi connectivity index (χ3v) is 4.49. The minimum absolute atomic E-state index is 0.177. The summed E-state index contributed by atoms with van der Waals surface area (Å²) >= 11 is 0. The molecule has 0 unspecified atom stereocenters. The van der Waals surface area contributed by atoms with Crippen LogP contribution < -0.4 is 0 Å². The van der Waals surface area contributed by atoms with Gasteiger partial charge in [0.1, 0.15) is 0 Å². The summed E-state index contributed by atoms with van der Waals surface area (Å²) < 4.78 is 4.89. The summed E-state index contributed by atoms with van der Waals surface area (Å²) in [5, 5.41) is 0. The van der Waals surface area contributed by atoms with E-state index in [4.69, 9.17) is 4.74 Å². The topological polar surface area (TPSA) is 32.8 Å². The number of hydrogen-bond acceptors (Lipinski definition) is 3. The van der Waals surface area contributed by atoms with E-state index in [-0.39, 0.29) is 6.09 Å². The fourth-order valence-electron chi connectivity index (χ4n) is 3.47. The zero-order valence-electron chi connectivity index (χ0n) is 12.0. The van der Waals surface area contributed by atoms with Crippen molar-refractivity contribution in [1.82, 2.24) is 9.80 Å². The summed E-state index contributed by atoms with van der Waals surface area (Å²) in [6.07, 6.45) is 2.23. The summed E-state index contributed by atoms with van der Waals surface area (Å²) in [6, 6.07) is 11.1. The van der Waals surface area contributed by atoms with Gasteiger partial charge in [0.25, 0.3) is 0 Å². The van der Waals surface area contributed by atoms with Gasteiger partial charge < -0.3 is 9.64 Å². The van der Waals surface area contributed by atoms with Crippen LogP contribution in [0, 0.1) is 5.92 Å². The first-order valence-electron chi connectivity index (χ1n) is 7.37. The van der Waals surface area contributed by atoms with Gasteiger partial charge in [0.2, 0.25) is 0 Å². The second-order valence-electron chi connectivity index (χ2n) is 5.89. The maximum absolute atomic E-state index is 11.8. The van der Waals surface area contributed by atoms with E-state index in [1.165, 1.54) is 25.5 Å². The lowest BCUT2D eigenvalue weighted by Gasteiger charge is -2.36. The monoisotopic (exact) mass is 274 g/mol. The van der Waals surface area contributed by atoms with Crippen LogP contribution in [0.1, 0.15) is 18.4 Å². The summed E-state index contributed by atoms with van der Waals surface area (Å²) in [6.45, 7) is 3.72. The molecule has 0 aliphatic carbocycles.